The average molecular weight is 254 g/mol. The Hall–Kier alpha value is -2.94. The lowest BCUT2D eigenvalue weighted by Gasteiger charge is -2.07. The maximum atomic E-state index is 11.8. The van der Waals surface area contributed by atoms with Crippen molar-refractivity contribution < 1.29 is 4.79 Å². The summed E-state index contributed by atoms with van der Waals surface area (Å²) >= 11 is 0. The zero-order chi connectivity index (χ0) is 13.7. The molecule has 6 nitrogen and oxygen atoms in total. The van der Waals surface area contributed by atoms with E-state index in [-0.39, 0.29) is 6.54 Å². The van der Waals surface area contributed by atoms with Crippen molar-refractivity contribution in [3.05, 3.63) is 58.8 Å². The summed E-state index contributed by atoms with van der Waals surface area (Å²) < 4.78 is 1.18. The quantitative estimate of drug-likeness (QED) is 0.875. The Labute approximate surface area is 108 Å². The molecule has 94 valence electrons. The van der Waals surface area contributed by atoms with E-state index in [0.29, 0.717) is 11.3 Å². The molecule has 0 unspecified atom stereocenters. The molecule has 0 radical (unpaired) electrons. The van der Waals surface area contributed by atoms with Gasteiger partial charge in [-0.05, 0) is 18.2 Å². The Bertz CT molecular complexity index is 700. The Morgan fingerprint density at radius 3 is 2.89 bits per heavy atom. The summed E-state index contributed by atoms with van der Waals surface area (Å²) in [6, 6.07) is 10.2. The highest BCUT2D eigenvalue weighted by Gasteiger charge is 2.07. The van der Waals surface area contributed by atoms with Crippen molar-refractivity contribution in [2.45, 2.75) is 6.54 Å². The predicted octanol–water partition coefficient (Wildman–Crippen LogP) is 0.754. The zero-order valence-electron chi connectivity index (χ0n) is 9.91. The minimum Gasteiger partial charge on any atom is -0.323 e. The molecule has 0 spiro atoms. The van der Waals surface area contributed by atoms with E-state index < -0.39 is 11.6 Å². The van der Waals surface area contributed by atoms with Crippen molar-refractivity contribution in [3.8, 4) is 6.07 Å². The van der Waals surface area contributed by atoms with Crippen LogP contribution in [0.3, 0.4) is 0 Å². The molecule has 19 heavy (non-hydrogen) atoms. The molecule has 1 aromatic carbocycles. The van der Waals surface area contributed by atoms with Crippen LogP contribution in [0.25, 0.3) is 0 Å². The number of nitrogens with zero attached hydrogens (tertiary/aromatic N) is 3. The van der Waals surface area contributed by atoms with Crippen molar-refractivity contribution in [2.75, 3.05) is 5.32 Å². The van der Waals surface area contributed by atoms with E-state index in [2.05, 4.69) is 10.3 Å². The molecule has 1 amide bonds. The lowest BCUT2D eigenvalue weighted by Crippen LogP contribution is -2.28. The van der Waals surface area contributed by atoms with Crippen LogP contribution in [-0.4, -0.2) is 15.5 Å². The molecule has 1 N–H and O–H groups in total. The summed E-state index contributed by atoms with van der Waals surface area (Å²) in [5.41, 5.74) is 0.299. The second kappa shape index (κ2) is 5.60. The first-order valence-corrected chi connectivity index (χ1v) is 5.51. The summed E-state index contributed by atoms with van der Waals surface area (Å²) in [7, 11) is 0. The molecule has 0 saturated heterocycles. The zero-order valence-corrected chi connectivity index (χ0v) is 9.91. The van der Waals surface area contributed by atoms with Crippen molar-refractivity contribution >= 4 is 11.6 Å². The first-order valence-electron chi connectivity index (χ1n) is 5.51. The third kappa shape index (κ3) is 3.04. The normalized spacial score (nSPS) is 9.63. The standard InChI is InChI=1S/C13H10N4O2/c14-8-10-4-1-2-5-11(10)16-12(18)9-17-7-3-6-15-13(17)19/h1-7H,9H2,(H,16,18). The number of para-hydroxylation sites is 1. The van der Waals surface area contributed by atoms with E-state index in [1.54, 1.807) is 30.3 Å². The lowest BCUT2D eigenvalue weighted by molar-refractivity contribution is -0.116. The summed E-state index contributed by atoms with van der Waals surface area (Å²) in [4.78, 5) is 26.7. The number of nitrogens with one attached hydrogen (secondary N) is 1. The Morgan fingerprint density at radius 2 is 2.16 bits per heavy atom. The number of hydrogen-bond acceptors (Lipinski definition) is 4. The number of hydrogen-bond donors (Lipinski definition) is 1. The van der Waals surface area contributed by atoms with E-state index >= 15 is 0 Å². The van der Waals surface area contributed by atoms with Crippen molar-refractivity contribution in [1.29, 1.82) is 5.26 Å². The minimum absolute atomic E-state index is 0.146. The summed E-state index contributed by atoms with van der Waals surface area (Å²) in [6.07, 6.45) is 2.84. The summed E-state index contributed by atoms with van der Waals surface area (Å²) in [5, 5.41) is 11.5. The van der Waals surface area contributed by atoms with Gasteiger partial charge in [0.05, 0.1) is 11.3 Å². The van der Waals surface area contributed by atoms with Crippen LogP contribution in [0.5, 0.6) is 0 Å². The highest BCUT2D eigenvalue weighted by atomic mass is 16.2. The van der Waals surface area contributed by atoms with E-state index in [4.69, 9.17) is 5.26 Å². The third-order valence-electron chi connectivity index (χ3n) is 2.42. The highest BCUT2D eigenvalue weighted by Crippen LogP contribution is 2.13. The van der Waals surface area contributed by atoms with E-state index in [9.17, 15) is 9.59 Å². The number of benzene rings is 1. The molecule has 0 atom stereocenters. The first-order chi connectivity index (χ1) is 9.20. The van der Waals surface area contributed by atoms with E-state index in [1.165, 1.54) is 17.0 Å². The Kier molecular flexibility index (Phi) is 3.69. The molecular weight excluding hydrogens is 244 g/mol. The molecule has 0 fully saturated rings. The van der Waals surface area contributed by atoms with Gasteiger partial charge in [0.1, 0.15) is 12.6 Å². The molecule has 1 aromatic heterocycles. The van der Waals surface area contributed by atoms with Crippen LogP contribution in [0.2, 0.25) is 0 Å². The van der Waals surface area contributed by atoms with Gasteiger partial charge >= 0.3 is 5.69 Å². The Balaban J connectivity index is 2.13. The lowest BCUT2D eigenvalue weighted by atomic mass is 10.2. The summed E-state index contributed by atoms with van der Waals surface area (Å²) in [6.45, 7) is -0.146. The van der Waals surface area contributed by atoms with Crippen LogP contribution < -0.4 is 11.0 Å². The topological polar surface area (TPSA) is 87.8 Å². The van der Waals surface area contributed by atoms with Crippen LogP contribution >= 0.6 is 0 Å². The maximum absolute atomic E-state index is 11.8. The number of carbonyl (C=O) groups excluding carboxylic acids is 1. The summed E-state index contributed by atoms with van der Waals surface area (Å²) in [5.74, 6) is -0.391. The van der Waals surface area contributed by atoms with E-state index in [0.717, 1.165) is 0 Å². The molecule has 2 aromatic rings. The fourth-order valence-corrected chi connectivity index (χ4v) is 1.54. The van der Waals surface area contributed by atoms with Crippen LogP contribution in [-0.2, 0) is 11.3 Å². The van der Waals surface area contributed by atoms with Crippen molar-refractivity contribution in [2.24, 2.45) is 0 Å². The minimum atomic E-state index is -0.494. The van der Waals surface area contributed by atoms with Gasteiger partial charge < -0.3 is 5.32 Å². The van der Waals surface area contributed by atoms with Crippen LogP contribution in [0.1, 0.15) is 5.56 Å². The van der Waals surface area contributed by atoms with Gasteiger partial charge in [0.25, 0.3) is 0 Å². The number of aromatic nitrogens is 2. The molecule has 0 bridgehead atoms. The van der Waals surface area contributed by atoms with E-state index in [1.807, 2.05) is 6.07 Å². The first kappa shape index (κ1) is 12.5. The second-order valence-corrected chi connectivity index (χ2v) is 3.74. The number of anilines is 1. The van der Waals surface area contributed by atoms with Gasteiger partial charge in [-0.1, -0.05) is 12.1 Å². The molecule has 6 heteroatoms. The van der Waals surface area contributed by atoms with Crippen molar-refractivity contribution in [3.63, 3.8) is 0 Å². The van der Waals surface area contributed by atoms with Gasteiger partial charge in [-0.3, -0.25) is 9.36 Å². The molecule has 0 aliphatic carbocycles. The van der Waals surface area contributed by atoms with Gasteiger partial charge in [0.2, 0.25) is 5.91 Å². The molecular formula is C13H10N4O2. The molecule has 2 rings (SSSR count). The van der Waals surface area contributed by atoms with Gasteiger partial charge in [-0.25, -0.2) is 9.78 Å². The number of nitriles is 1. The van der Waals surface area contributed by atoms with Crippen molar-refractivity contribution in [1.82, 2.24) is 9.55 Å². The average Bonchev–Trinajstić information content (AvgIpc) is 2.42. The number of amides is 1. The third-order valence-corrected chi connectivity index (χ3v) is 2.42. The monoisotopic (exact) mass is 254 g/mol. The molecule has 0 saturated carbocycles. The highest BCUT2D eigenvalue weighted by molar-refractivity contribution is 5.91. The van der Waals surface area contributed by atoms with Gasteiger partial charge in [0.15, 0.2) is 0 Å². The Morgan fingerprint density at radius 1 is 1.37 bits per heavy atom. The van der Waals surface area contributed by atoms with Gasteiger partial charge in [-0.2, -0.15) is 5.26 Å². The second-order valence-electron chi connectivity index (χ2n) is 3.74. The number of carbonyl (C=O) groups is 1. The van der Waals surface area contributed by atoms with Crippen LogP contribution in [0, 0.1) is 11.3 Å². The molecule has 1 heterocycles. The van der Waals surface area contributed by atoms with Crippen LogP contribution in [0.15, 0.2) is 47.5 Å². The fraction of sp³-hybridized carbons (Fsp3) is 0.0769. The fourth-order valence-electron chi connectivity index (χ4n) is 1.54. The van der Waals surface area contributed by atoms with Gasteiger partial charge in [-0.15, -0.1) is 0 Å². The number of rotatable bonds is 3. The van der Waals surface area contributed by atoms with Gasteiger partial charge in [0, 0.05) is 12.4 Å². The molecule has 0 aliphatic heterocycles. The largest absolute Gasteiger partial charge is 0.347 e. The smallest absolute Gasteiger partial charge is 0.323 e. The van der Waals surface area contributed by atoms with Crippen LogP contribution in [0.4, 0.5) is 5.69 Å². The predicted molar refractivity (Wildman–Crippen MR) is 68.3 cm³/mol. The SMILES string of the molecule is N#Cc1ccccc1NC(=O)Cn1cccnc1=O. The maximum Gasteiger partial charge on any atom is 0.347 e. The molecule has 0 aliphatic rings.